The van der Waals surface area contributed by atoms with E-state index < -0.39 is 5.91 Å². The van der Waals surface area contributed by atoms with Crippen molar-refractivity contribution in [1.29, 1.82) is 0 Å². The highest BCUT2D eigenvalue weighted by molar-refractivity contribution is 6.35. The van der Waals surface area contributed by atoms with Crippen molar-refractivity contribution < 1.29 is 9.18 Å². The topological polar surface area (TPSA) is 42.0 Å². The van der Waals surface area contributed by atoms with Gasteiger partial charge < -0.3 is 5.32 Å². The maximum absolute atomic E-state index is 13.1. The highest BCUT2D eigenvalue weighted by atomic mass is 35.5. The number of benzene rings is 1. The minimum absolute atomic E-state index is 0.171. The molecule has 0 bridgehead atoms. The summed E-state index contributed by atoms with van der Waals surface area (Å²) in [6.45, 7) is 1.61. The third-order valence-corrected chi connectivity index (χ3v) is 2.99. The Morgan fingerprint density at radius 2 is 2.05 bits per heavy atom. The van der Waals surface area contributed by atoms with E-state index in [-0.39, 0.29) is 21.6 Å². The second-order valence-electron chi connectivity index (χ2n) is 3.90. The molecule has 1 amide bonds. The highest BCUT2D eigenvalue weighted by Crippen LogP contribution is 2.20. The number of halogens is 3. The molecule has 0 spiro atoms. The Labute approximate surface area is 119 Å². The predicted octanol–water partition coefficient (Wildman–Crippen LogP) is 4.09. The smallest absolute Gasteiger partial charge is 0.257 e. The van der Waals surface area contributed by atoms with E-state index in [9.17, 15) is 9.18 Å². The molecule has 1 heterocycles. The molecule has 6 heteroatoms. The second-order valence-corrected chi connectivity index (χ2v) is 4.70. The lowest BCUT2D eigenvalue weighted by molar-refractivity contribution is 0.102. The van der Waals surface area contributed by atoms with Crippen molar-refractivity contribution in [2.75, 3.05) is 5.32 Å². The Balaban J connectivity index is 2.25. The number of nitrogens with one attached hydrogen (secondary N) is 1. The Hall–Kier alpha value is -1.65. The van der Waals surface area contributed by atoms with E-state index in [2.05, 4.69) is 10.3 Å². The molecule has 98 valence electrons. The van der Waals surface area contributed by atoms with Gasteiger partial charge in [-0.25, -0.2) is 9.37 Å². The highest BCUT2D eigenvalue weighted by Gasteiger charge is 2.12. The zero-order valence-corrected chi connectivity index (χ0v) is 11.4. The number of carbonyl (C=O) groups excluding carboxylic acids is 1. The summed E-state index contributed by atoms with van der Waals surface area (Å²) < 4.78 is 13.1. The summed E-state index contributed by atoms with van der Waals surface area (Å²) in [5, 5.41) is 2.98. The first kappa shape index (κ1) is 13.8. The number of aromatic nitrogens is 1. The summed E-state index contributed by atoms with van der Waals surface area (Å²) in [4.78, 5) is 15.8. The SMILES string of the molecule is Cc1cc(NC(=O)c2cc(Cl)ncc2Cl)ccc1F. The molecule has 0 saturated heterocycles. The van der Waals surface area contributed by atoms with Crippen LogP contribution in [0.25, 0.3) is 0 Å². The zero-order chi connectivity index (χ0) is 14.0. The third kappa shape index (κ3) is 3.22. The summed E-state index contributed by atoms with van der Waals surface area (Å²) in [6, 6.07) is 5.66. The van der Waals surface area contributed by atoms with Crippen molar-refractivity contribution >= 4 is 34.8 Å². The number of hydrogen-bond acceptors (Lipinski definition) is 2. The number of rotatable bonds is 2. The van der Waals surface area contributed by atoms with E-state index in [0.29, 0.717) is 11.3 Å². The van der Waals surface area contributed by atoms with Gasteiger partial charge in [-0.15, -0.1) is 0 Å². The Morgan fingerprint density at radius 3 is 2.74 bits per heavy atom. The normalized spacial score (nSPS) is 10.3. The van der Waals surface area contributed by atoms with Crippen LogP contribution in [0.5, 0.6) is 0 Å². The minimum Gasteiger partial charge on any atom is -0.322 e. The number of pyridine rings is 1. The standard InChI is InChI=1S/C13H9Cl2FN2O/c1-7-4-8(2-3-11(7)16)18-13(19)9-5-12(15)17-6-10(9)14/h2-6H,1H3,(H,18,19). The molecule has 2 aromatic rings. The van der Waals surface area contributed by atoms with Crippen molar-refractivity contribution in [3.63, 3.8) is 0 Å². The molecule has 1 N–H and O–H groups in total. The second kappa shape index (κ2) is 5.55. The molecule has 0 radical (unpaired) electrons. The van der Waals surface area contributed by atoms with Crippen LogP contribution in [0.3, 0.4) is 0 Å². The summed E-state index contributed by atoms with van der Waals surface area (Å²) in [5.41, 5.74) is 1.13. The molecule has 19 heavy (non-hydrogen) atoms. The van der Waals surface area contributed by atoms with E-state index in [1.165, 1.54) is 30.5 Å². The number of anilines is 1. The molecular formula is C13H9Cl2FN2O. The van der Waals surface area contributed by atoms with Crippen LogP contribution in [-0.4, -0.2) is 10.9 Å². The molecule has 0 saturated carbocycles. The van der Waals surface area contributed by atoms with Gasteiger partial charge in [0.1, 0.15) is 11.0 Å². The monoisotopic (exact) mass is 298 g/mol. The van der Waals surface area contributed by atoms with Crippen LogP contribution < -0.4 is 5.32 Å². The molecule has 0 unspecified atom stereocenters. The lowest BCUT2D eigenvalue weighted by Crippen LogP contribution is -2.13. The molecule has 1 aromatic heterocycles. The molecule has 0 atom stereocenters. The van der Waals surface area contributed by atoms with Gasteiger partial charge in [0, 0.05) is 11.9 Å². The first-order valence-corrected chi connectivity index (χ1v) is 6.11. The lowest BCUT2D eigenvalue weighted by Gasteiger charge is -2.08. The van der Waals surface area contributed by atoms with Crippen molar-refractivity contribution in [2.45, 2.75) is 6.92 Å². The van der Waals surface area contributed by atoms with E-state index in [1.54, 1.807) is 6.92 Å². The zero-order valence-electron chi connectivity index (χ0n) is 9.88. The fourth-order valence-corrected chi connectivity index (χ4v) is 1.86. The van der Waals surface area contributed by atoms with Gasteiger partial charge >= 0.3 is 0 Å². The van der Waals surface area contributed by atoms with Gasteiger partial charge in [0.05, 0.1) is 10.6 Å². The van der Waals surface area contributed by atoms with Gasteiger partial charge in [0.2, 0.25) is 0 Å². The molecule has 0 aliphatic rings. The van der Waals surface area contributed by atoms with Crippen LogP contribution in [0, 0.1) is 12.7 Å². The van der Waals surface area contributed by atoms with Crippen molar-refractivity contribution in [1.82, 2.24) is 4.98 Å². The van der Waals surface area contributed by atoms with Gasteiger partial charge in [-0.2, -0.15) is 0 Å². The maximum Gasteiger partial charge on any atom is 0.257 e. The number of aryl methyl sites for hydroxylation is 1. The number of nitrogens with zero attached hydrogens (tertiary/aromatic N) is 1. The fraction of sp³-hybridized carbons (Fsp3) is 0.0769. The largest absolute Gasteiger partial charge is 0.322 e. The fourth-order valence-electron chi connectivity index (χ4n) is 1.51. The van der Waals surface area contributed by atoms with Crippen molar-refractivity contribution in [3.8, 4) is 0 Å². The molecule has 2 rings (SSSR count). The summed E-state index contributed by atoms with van der Waals surface area (Å²) >= 11 is 11.6. The molecule has 0 aliphatic heterocycles. The number of carbonyl (C=O) groups is 1. The first-order valence-electron chi connectivity index (χ1n) is 5.36. The lowest BCUT2D eigenvalue weighted by atomic mass is 10.2. The van der Waals surface area contributed by atoms with E-state index in [4.69, 9.17) is 23.2 Å². The quantitative estimate of drug-likeness (QED) is 0.849. The molecule has 3 nitrogen and oxygen atoms in total. The number of hydrogen-bond donors (Lipinski definition) is 1. The predicted molar refractivity (Wildman–Crippen MR) is 73.3 cm³/mol. The van der Waals surface area contributed by atoms with Crippen molar-refractivity contribution in [3.05, 3.63) is 57.6 Å². The van der Waals surface area contributed by atoms with Crippen LogP contribution >= 0.6 is 23.2 Å². The minimum atomic E-state index is -0.430. The maximum atomic E-state index is 13.1. The average molecular weight is 299 g/mol. The first-order chi connectivity index (χ1) is 8.97. The summed E-state index contributed by atoms with van der Waals surface area (Å²) in [7, 11) is 0. The molecular weight excluding hydrogens is 290 g/mol. The average Bonchev–Trinajstić information content (AvgIpc) is 2.36. The van der Waals surface area contributed by atoms with Crippen LogP contribution in [0.15, 0.2) is 30.5 Å². The van der Waals surface area contributed by atoms with E-state index in [0.717, 1.165) is 0 Å². The molecule has 1 aromatic carbocycles. The third-order valence-electron chi connectivity index (χ3n) is 2.48. The van der Waals surface area contributed by atoms with E-state index in [1.807, 2.05) is 0 Å². The van der Waals surface area contributed by atoms with Crippen LogP contribution in [0.1, 0.15) is 15.9 Å². The van der Waals surface area contributed by atoms with Crippen molar-refractivity contribution in [2.24, 2.45) is 0 Å². The van der Waals surface area contributed by atoms with Gasteiger partial charge in [-0.05, 0) is 36.8 Å². The molecule has 0 aliphatic carbocycles. The van der Waals surface area contributed by atoms with Gasteiger partial charge in [-0.3, -0.25) is 4.79 Å². The van der Waals surface area contributed by atoms with Crippen LogP contribution in [0.2, 0.25) is 10.2 Å². The van der Waals surface area contributed by atoms with Gasteiger partial charge in [-0.1, -0.05) is 23.2 Å². The Bertz CT molecular complexity index is 647. The molecule has 0 fully saturated rings. The van der Waals surface area contributed by atoms with Crippen LogP contribution in [-0.2, 0) is 0 Å². The Kier molecular flexibility index (Phi) is 4.02. The van der Waals surface area contributed by atoms with Crippen LogP contribution in [0.4, 0.5) is 10.1 Å². The number of amides is 1. The Morgan fingerprint density at radius 1 is 1.32 bits per heavy atom. The van der Waals surface area contributed by atoms with Gasteiger partial charge in [0.15, 0.2) is 0 Å². The van der Waals surface area contributed by atoms with Gasteiger partial charge in [0.25, 0.3) is 5.91 Å². The summed E-state index contributed by atoms with van der Waals surface area (Å²) in [6.07, 6.45) is 1.30. The summed E-state index contributed by atoms with van der Waals surface area (Å²) in [5.74, 6) is -0.761. The van der Waals surface area contributed by atoms with E-state index >= 15 is 0 Å².